The monoisotopic (exact) mass is 325 g/mol. The number of carboxylic acid groups (broad SMARTS) is 1. The van der Waals surface area contributed by atoms with Crippen LogP contribution in [0.4, 0.5) is 5.69 Å². The molecule has 0 bridgehead atoms. The SMILES string of the molecule is Cc1ccc(C)c(CC(=O)Nc2ccc(C(C)(C)C(=O)O)cc2)c1. The van der Waals surface area contributed by atoms with Gasteiger partial charge in [0.15, 0.2) is 0 Å². The average Bonchev–Trinajstić information content (AvgIpc) is 2.51. The maximum absolute atomic E-state index is 12.2. The van der Waals surface area contributed by atoms with Crippen molar-refractivity contribution in [2.75, 3.05) is 5.32 Å². The van der Waals surface area contributed by atoms with Gasteiger partial charge in [-0.25, -0.2) is 0 Å². The first kappa shape index (κ1) is 17.7. The fourth-order valence-corrected chi connectivity index (χ4v) is 2.46. The van der Waals surface area contributed by atoms with Crippen LogP contribution in [0.15, 0.2) is 42.5 Å². The van der Waals surface area contributed by atoms with Crippen LogP contribution in [0, 0.1) is 13.8 Å². The number of rotatable bonds is 5. The number of carbonyl (C=O) groups excluding carboxylic acids is 1. The van der Waals surface area contributed by atoms with Crippen LogP contribution < -0.4 is 5.32 Å². The van der Waals surface area contributed by atoms with E-state index in [4.69, 9.17) is 0 Å². The van der Waals surface area contributed by atoms with Crippen molar-refractivity contribution in [2.45, 2.75) is 39.5 Å². The van der Waals surface area contributed by atoms with E-state index in [0.717, 1.165) is 16.7 Å². The van der Waals surface area contributed by atoms with Crippen LogP contribution in [0.5, 0.6) is 0 Å². The van der Waals surface area contributed by atoms with Crippen LogP contribution in [-0.4, -0.2) is 17.0 Å². The predicted octanol–water partition coefficient (Wildman–Crippen LogP) is 3.85. The number of hydrogen-bond acceptors (Lipinski definition) is 2. The highest BCUT2D eigenvalue weighted by atomic mass is 16.4. The minimum Gasteiger partial charge on any atom is -0.481 e. The first-order valence-electron chi connectivity index (χ1n) is 7.90. The summed E-state index contributed by atoms with van der Waals surface area (Å²) in [5.74, 6) is -0.969. The maximum atomic E-state index is 12.2. The maximum Gasteiger partial charge on any atom is 0.313 e. The van der Waals surface area contributed by atoms with Gasteiger partial charge in [-0.2, -0.15) is 0 Å². The Hall–Kier alpha value is -2.62. The lowest BCUT2D eigenvalue weighted by atomic mass is 9.85. The number of carbonyl (C=O) groups is 2. The first-order chi connectivity index (χ1) is 11.2. The summed E-state index contributed by atoms with van der Waals surface area (Å²) in [4.78, 5) is 23.5. The van der Waals surface area contributed by atoms with Crippen molar-refractivity contribution in [2.24, 2.45) is 0 Å². The quantitative estimate of drug-likeness (QED) is 0.877. The molecule has 0 heterocycles. The standard InChI is InChI=1S/C20H23NO3/c1-13-5-6-14(2)15(11-13)12-18(22)21-17-9-7-16(8-10-17)20(3,4)19(23)24/h5-11H,12H2,1-4H3,(H,21,22)(H,23,24). The Bertz CT molecular complexity index is 761. The van der Waals surface area contributed by atoms with Crippen molar-refractivity contribution in [3.8, 4) is 0 Å². The largest absolute Gasteiger partial charge is 0.481 e. The van der Waals surface area contributed by atoms with Gasteiger partial charge in [0, 0.05) is 5.69 Å². The Balaban J connectivity index is 2.07. The van der Waals surface area contributed by atoms with Crippen LogP contribution in [-0.2, 0) is 21.4 Å². The van der Waals surface area contributed by atoms with Crippen molar-refractivity contribution in [3.63, 3.8) is 0 Å². The van der Waals surface area contributed by atoms with Gasteiger partial charge in [-0.15, -0.1) is 0 Å². The van der Waals surface area contributed by atoms with Crippen LogP contribution in [0.3, 0.4) is 0 Å². The molecule has 0 saturated carbocycles. The van der Waals surface area contributed by atoms with E-state index in [1.165, 1.54) is 0 Å². The van der Waals surface area contributed by atoms with E-state index < -0.39 is 11.4 Å². The summed E-state index contributed by atoms with van der Waals surface area (Å²) in [5.41, 5.74) is 3.63. The van der Waals surface area contributed by atoms with Crippen molar-refractivity contribution in [1.29, 1.82) is 0 Å². The summed E-state index contributed by atoms with van der Waals surface area (Å²) in [6, 6.07) is 13.0. The summed E-state index contributed by atoms with van der Waals surface area (Å²) < 4.78 is 0. The van der Waals surface area contributed by atoms with Crippen LogP contribution >= 0.6 is 0 Å². The molecule has 4 nitrogen and oxygen atoms in total. The highest BCUT2D eigenvalue weighted by Gasteiger charge is 2.29. The molecule has 0 fully saturated rings. The number of aliphatic carboxylic acids is 1. The molecule has 0 aliphatic rings. The Labute approximate surface area is 142 Å². The molecule has 2 N–H and O–H groups in total. The number of nitrogens with one attached hydrogen (secondary N) is 1. The zero-order valence-electron chi connectivity index (χ0n) is 14.5. The van der Waals surface area contributed by atoms with Crippen molar-refractivity contribution in [3.05, 3.63) is 64.7 Å². The van der Waals surface area contributed by atoms with Crippen molar-refractivity contribution < 1.29 is 14.7 Å². The Morgan fingerprint density at radius 1 is 1.04 bits per heavy atom. The van der Waals surface area contributed by atoms with E-state index in [2.05, 4.69) is 5.32 Å². The van der Waals surface area contributed by atoms with Crippen LogP contribution in [0.1, 0.15) is 36.1 Å². The molecule has 126 valence electrons. The lowest BCUT2D eigenvalue weighted by Gasteiger charge is -2.20. The highest BCUT2D eigenvalue weighted by Crippen LogP contribution is 2.25. The van der Waals surface area contributed by atoms with Gasteiger partial charge in [0.1, 0.15) is 0 Å². The Morgan fingerprint density at radius 3 is 2.25 bits per heavy atom. The number of amides is 1. The Kier molecular flexibility index (Phi) is 5.07. The van der Waals surface area contributed by atoms with E-state index in [1.54, 1.807) is 38.1 Å². The van der Waals surface area contributed by atoms with Gasteiger partial charge in [0.2, 0.25) is 5.91 Å². The number of aryl methyl sites for hydroxylation is 2. The third-order valence-electron chi connectivity index (χ3n) is 4.28. The minimum absolute atomic E-state index is 0.0889. The molecular weight excluding hydrogens is 302 g/mol. The molecule has 0 unspecified atom stereocenters. The van der Waals surface area contributed by atoms with Gasteiger partial charge in [-0.1, -0.05) is 35.9 Å². The molecule has 0 saturated heterocycles. The van der Waals surface area contributed by atoms with E-state index in [1.807, 2.05) is 32.0 Å². The molecule has 0 aromatic heterocycles. The van der Waals surface area contributed by atoms with Gasteiger partial charge >= 0.3 is 5.97 Å². The number of hydrogen-bond donors (Lipinski definition) is 2. The molecule has 0 spiro atoms. The topological polar surface area (TPSA) is 66.4 Å². The molecule has 2 aromatic carbocycles. The minimum atomic E-state index is -0.957. The van der Waals surface area contributed by atoms with Crippen molar-refractivity contribution >= 4 is 17.6 Å². The van der Waals surface area contributed by atoms with Gasteiger partial charge in [0.05, 0.1) is 11.8 Å². The second-order valence-electron chi connectivity index (χ2n) is 6.66. The number of benzene rings is 2. The van der Waals surface area contributed by atoms with Crippen LogP contribution in [0.2, 0.25) is 0 Å². The molecule has 0 radical (unpaired) electrons. The summed E-state index contributed by atoms with van der Waals surface area (Å²) in [6.45, 7) is 7.31. The van der Waals surface area contributed by atoms with E-state index in [0.29, 0.717) is 17.7 Å². The molecule has 2 rings (SSSR count). The molecule has 0 aliphatic carbocycles. The van der Waals surface area contributed by atoms with Gasteiger partial charge in [-0.05, 0) is 56.5 Å². The predicted molar refractivity (Wildman–Crippen MR) is 95.4 cm³/mol. The molecular formula is C20H23NO3. The first-order valence-corrected chi connectivity index (χ1v) is 7.90. The fraction of sp³-hybridized carbons (Fsp3) is 0.300. The van der Waals surface area contributed by atoms with E-state index in [-0.39, 0.29) is 5.91 Å². The lowest BCUT2D eigenvalue weighted by molar-refractivity contribution is -0.142. The van der Waals surface area contributed by atoms with Crippen LogP contribution in [0.25, 0.3) is 0 Å². The molecule has 0 atom stereocenters. The smallest absolute Gasteiger partial charge is 0.313 e. The molecule has 2 aromatic rings. The second-order valence-corrected chi connectivity index (χ2v) is 6.66. The fourth-order valence-electron chi connectivity index (χ4n) is 2.46. The number of carboxylic acids is 1. The highest BCUT2D eigenvalue weighted by molar-refractivity contribution is 5.92. The normalized spacial score (nSPS) is 11.2. The van der Waals surface area contributed by atoms with E-state index in [9.17, 15) is 14.7 Å². The third kappa shape index (κ3) is 4.02. The zero-order chi connectivity index (χ0) is 17.9. The summed E-state index contributed by atoms with van der Waals surface area (Å²) in [5, 5.41) is 12.1. The summed E-state index contributed by atoms with van der Waals surface area (Å²) in [7, 11) is 0. The summed E-state index contributed by atoms with van der Waals surface area (Å²) >= 11 is 0. The van der Waals surface area contributed by atoms with Gasteiger partial charge in [0.25, 0.3) is 0 Å². The third-order valence-corrected chi connectivity index (χ3v) is 4.28. The van der Waals surface area contributed by atoms with Gasteiger partial charge in [-0.3, -0.25) is 9.59 Å². The summed E-state index contributed by atoms with van der Waals surface area (Å²) in [6.07, 6.45) is 0.315. The average molecular weight is 325 g/mol. The lowest BCUT2D eigenvalue weighted by Crippen LogP contribution is -2.28. The zero-order valence-corrected chi connectivity index (χ0v) is 14.5. The second kappa shape index (κ2) is 6.87. The van der Waals surface area contributed by atoms with E-state index >= 15 is 0 Å². The molecule has 24 heavy (non-hydrogen) atoms. The number of anilines is 1. The molecule has 4 heteroatoms. The van der Waals surface area contributed by atoms with Gasteiger partial charge < -0.3 is 10.4 Å². The van der Waals surface area contributed by atoms with Crippen molar-refractivity contribution in [1.82, 2.24) is 0 Å². The molecule has 0 aliphatic heterocycles. The molecule has 1 amide bonds. The Morgan fingerprint density at radius 2 is 1.67 bits per heavy atom.